The number of aromatic nitrogens is 4. The Labute approximate surface area is 145 Å². The van der Waals surface area contributed by atoms with E-state index >= 15 is 0 Å². The SMILES string of the molecule is Cn1ncc2c(=O)n(CCC(=O)N(CC3CCOC3)C3CC3)cnc21. The van der Waals surface area contributed by atoms with Crippen LogP contribution in [-0.4, -0.2) is 55.9 Å². The molecule has 134 valence electrons. The summed E-state index contributed by atoms with van der Waals surface area (Å²) in [4.78, 5) is 31.5. The third-order valence-electron chi connectivity index (χ3n) is 5.07. The van der Waals surface area contributed by atoms with Crippen molar-refractivity contribution in [3.05, 3.63) is 22.9 Å². The molecule has 8 heteroatoms. The first-order chi connectivity index (χ1) is 12.1. The van der Waals surface area contributed by atoms with Crippen LogP contribution in [0, 0.1) is 5.92 Å². The average molecular weight is 345 g/mol. The van der Waals surface area contributed by atoms with Gasteiger partial charge in [0.25, 0.3) is 5.56 Å². The highest BCUT2D eigenvalue weighted by atomic mass is 16.5. The molecule has 3 heterocycles. The van der Waals surface area contributed by atoms with Crippen LogP contribution in [0.5, 0.6) is 0 Å². The van der Waals surface area contributed by atoms with Crippen LogP contribution in [0.4, 0.5) is 0 Å². The van der Waals surface area contributed by atoms with Crippen molar-refractivity contribution in [2.75, 3.05) is 19.8 Å². The molecule has 2 aromatic heterocycles. The molecule has 4 rings (SSSR count). The molecule has 1 atom stereocenters. The zero-order chi connectivity index (χ0) is 17.4. The third-order valence-corrected chi connectivity index (χ3v) is 5.07. The second-order valence-electron chi connectivity index (χ2n) is 7.01. The standard InChI is InChI=1S/C17H23N5O3/c1-20-16-14(8-19-20)17(24)21(11-18-16)6-4-15(23)22(13-2-3-13)9-12-5-7-25-10-12/h8,11-13H,2-7,9-10H2,1H3. The van der Waals surface area contributed by atoms with E-state index in [1.807, 2.05) is 4.90 Å². The predicted molar refractivity (Wildman–Crippen MR) is 91.0 cm³/mol. The van der Waals surface area contributed by atoms with Gasteiger partial charge in [-0.15, -0.1) is 0 Å². The second-order valence-corrected chi connectivity index (χ2v) is 7.01. The molecule has 0 N–H and O–H groups in total. The molecule has 0 bridgehead atoms. The van der Waals surface area contributed by atoms with Crippen LogP contribution >= 0.6 is 0 Å². The maximum absolute atomic E-state index is 12.7. The molecule has 2 fully saturated rings. The fourth-order valence-electron chi connectivity index (χ4n) is 3.43. The Kier molecular flexibility index (Phi) is 4.29. The van der Waals surface area contributed by atoms with E-state index in [1.54, 1.807) is 11.7 Å². The lowest BCUT2D eigenvalue weighted by Crippen LogP contribution is -2.38. The fraction of sp³-hybridized carbons (Fsp3) is 0.647. The quantitative estimate of drug-likeness (QED) is 0.763. The van der Waals surface area contributed by atoms with Gasteiger partial charge in [0.05, 0.1) is 19.1 Å². The highest BCUT2D eigenvalue weighted by molar-refractivity contribution is 5.77. The minimum atomic E-state index is -0.145. The summed E-state index contributed by atoms with van der Waals surface area (Å²) >= 11 is 0. The van der Waals surface area contributed by atoms with Gasteiger partial charge in [-0.25, -0.2) is 4.98 Å². The zero-order valence-corrected chi connectivity index (χ0v) is 14.4. The normalized spacial score (nSPS) is 20.3. The van der Waals surface area contributed by atoms with Crippen LogP contribution in [0.3, 0.4) is 0 Å². The molecule has 2 aromatic rings. The lowest BCUT2D eigenvalue weighted by Gasteiger charge is -2.25. The van der Waals surface area contributed by atoms with Crippen LogP contribution in [0.1, 0.15) is 25.7 Å². The van der Waals surface area contributed by atoms with Crippen LogP contribution < -0.4 is 5.56 Å². The smallest absolute Gasteiger partial charge is 0.264 e. The van der Waals surface area contributed by atoms with Crippen molar-refractivity contribution in [3.63, 3.8) is 0 Å². The minimum Gasteiger partial charge on any atom is -0.381 e. The number of aryl methyl sites for hydroxylation is 2. The number of nitrogens with zero attached hydrogens (tertiary/aromatic N) is 5. The number of carbonyl (C=O) groups is 1. The minimum absolute atomic E-state index is 0.118. The van der Waals surface area contributed by atoms with Gasteiger partial charge in [-0.1, -0.05) is 0 Å². The number of hydrogen-bond acceptors (Lipinski definition) is 5. The number of rotatable bonds is 6. The Balaban J connectivity index is 1.43. The molecule has 1 aliphatic carbocycles. The van der Waals surface area contributed by atoms with Crippen LogP contribution in [0.25, 0.3) is 11.0 Å². The Morgan fingerprint density at radius 2 is 2.24 bits per heavy atom. The van der Waals surface area contributed by atoms with Crippen molar-refractivity contribution >= 4 is 16.9 Å². The molecule has 0 aromatic carbocycles. The summed E-state index contributed by atoms with van der Waals surface area (Å²) in [6.45, 7) is 2.67. The first kappa shape index (κ1) is 16.3. The summed E-state index contributed by atoms with van der Waals surface area (Å²) in [7, 11) is 1.75. The Bertz CT molecular complexity index is 832. The second kappa shape index (κ2) is 6.59. The maximum atomic E-state index is 12.7. The van der Waals surface area contributed by atoms with Gasteiger partial charge in [0.1, 0.15) is 5.39 Å². The topological polar surface area (TPSA) is 82.2 Å². The van der Waals surface area contributed by atoms with Crippen LogP contribution in [0.2, 0.25) is 0 Å². The van der Waals surface area contributed by atoms with Crippen molar-refractivity contribution in [2.45, 2.75) is 38.3 Å². The highest BCUT2D eigenvalue weighted by Gasteiger charge is 2.34. The van der Waals surface area contributed by atoms with E-state index in [0.717, 1.165) is 39.0 Å². The summed E-state index contributed by atoms with van der Waals surface area (Å²) in [5.41, 5.74) is 0.418. The van der Waals surface area contributed by atoms with Gasteiger partial charge < -0.3 is 9.64 Å². The maximum Gasteiger partial charge on any atom is 0.264 e. The van der Waals surface area contributed by atoms with Gasteiger partial charge in [-0.05, 0) is 19.3 Å². The molecule has 8 nitrogen and oxygen atoms in total. The van der Waals surface area contributed by atoms with Crippen molar-refractivity contribution in [1.29, 1.82) is 0 Å². The first-order valence-electron chi connectivity index (χ1n) is 8.88. The monoisotopic (exact) mass is 345 g/mol. The van der Waals surface area contributed by atoms with E-state index in [4.69, 9.17) is 4.74 Å². The largest absolute Gasteiger partial charge is 0.381 e. The van der Waals surface area contributed by atoms with Gasteiger partial charge in [-0.2, -0.15) is 5.10 Å². The van der Waals surface area contributed by atoms with Gasteiger partial charge in [-0.3, -0.25) is 18.8 Å². The van der Waals surface area contributed by atoms with E-state index in [9.17, 15) is 9.59 Å². The number of ether oxygens (including phenoxy) is 1. The van der Waals surface area contributed by atoms with Gasteiger partial charge in [0, 0.05) is 45.1 Å². The predicted octanol–water partition coefficient (Wildman–Crippen LogP) is 0.548. The molecule has 1 saturated carbocycles. The molecule has 1 amide bonds. The Morgan fingerprint density at radius 1 is 1.40 bits per heavy atom. The lowest BCUT2D eigenvalue weighted by molar-refractivity contribution is -0.132. The Morgan fingerprint density at radius 3 is 2.96 bits per heavy atom. The van der Waals surface area contributed by atoms with Crippen LogP contribution in [-0.2, 0) is 23.1 Å². The molecular weight excluding hydrogens is 322 g/mol. The molecule has 0 radical (unpaired) electrons. The number of hydrogen-bond donors (Lipinski definition) is 0. The number of amides is 1. The third kappa shape index (κ3) is 3.30. The summed E-state index contributed by atoms with van der Waals surface area (Å²) in [6.07, 6.45) is 6.55. The van der Waals surface area contributed by atoms with E-state index in [2.05, 4.69) is 10.1 Å². The van der Waals surface area contributed by atoms with E-state index in [-0.39, 0.29) is 11.5 Å². The van der Waals surface area contributed by atoms with Gasteiger partial charge in [0.2, 0.25) is 5.91 Å². The summed E-state index contributed by atoms with van der Waals surface area (Å²) in [5, 5.41) is 4.55. The fourth-order valence-corrected chi connectivity index (χ4v) is 3.43. The molecule has 25 heavy (non-hydrogen) atoms. The van der Waals surface area contributed by atoms with Crippen molar-refractivity contribution in [3.8, 4) is 0 Å². The Hall–Kier alpha value is -2.22. The molecule has 0 spiro atoms. The summed E-state index contributed by atoms with van der Waals surface area (Å²) < 4.78 is 8.51. The lowest BCUT2D eigenvalue weighted by atomic mass is 10.1. The highest BCUT2D eigenvalue weighted by Crippen LogP contribution is 2.29. The van der Waals surface area contributed by atoms with E-state index in [1.165, 1.54) is 17.1 Å². The van der Waals surface area contributed by atoms with Gasteiger partial charge in [0.15, 0.2) is 5.65 Å². The first-order valence-corrected chi connectivity index (χ1v) is 8.88. The molecular formula is C17H23N5O3. The summed E-state index contributed by atoms with van der Waals surface area (Å²) in [6, 6.07) is 0.378. The zero-order valence-electron chi connectivity index (χ0n) is 14.4. The molecule has 2 aliphatic rings. The number of fused-ring (bicyclic) bond motifs is 1. The molecule has 1 unspecified atom stereocenters. The van der Waals surface area contributed by atoms with Crippen molar-refractivity contribution in [1.82, 2.24) is 24.2 Å². The van der Waals surface area contributed by atoms with Crippen molar-refractivity contribution in [2.24, 2.45) is 13.0 Å². The molecule has 1 aliphatic heterocycles. The number of carbonyl (C=O) groups excluding carboxylic acids is 1. The summed E-state index contributed by atoms with van der Waals surface area (Å²) in [5.74, 6) is 0.563. The van der Waals surface area contributed by atoms with Crippen molar-refractivity contribution < 1.29 is 9.53 Å². The van der Waals surface area contributed by atoms with E-state index in [0.29, 0.717) is 36.0 Å². The van der Waals surface area contributed by atoms with Gasteiger partial charge >= 0.3 is 0 Å². The average Bonchev–Trinajstić information content (AvgIpc) is 3.18. The van der Waals surface area contributed by atoms with Crippen LogP contribution in [0.15, 0.2) is 17.3 Å². The van der Waals surface area contributed by atoms with E-state index < -0.39 is 0 Å². The molecule has 1 saturated heterocycles.